The maximum atomic E-state index is 5.94. The Hall–Kier alpha value is -3.02. The number of anilines is 3. The van der Waals surface area contributed by atoms with Gasteiger partial charge in [0.05, 0.1) is 17.1 Å². The van der Waals surface area contributed by atoms with Crippen molar-refractivity contribution < 1.29 is 0 Å². The number of para-hydroxylation sites is 1. The van der Waals surface area contributed by atoms with Gasteiger partial charge in [0, 0.05) is 12.6 Å². The first-order valence-electron chi connectivity index (χ1n) is 6.54. The van der Waals surface area contributed by atoms with E-state index in [1.807, 2.05) is 47.3 Å². The SMILES string of the molecule is Nc1cc(Cc2ccn(-c3ccccc3)n2)c(N)c(N)n1. The van der Waals surface area contributed by atoms with Crippen LogP contribution in [-0.2, 0) is 6.42 Å². The molecule has 0 radical (unpaired) electrons. The van der Waals surface area contributed by atoms with Gasteiger partial charge in [0.15, 0.2) is 0 Å². The first-order valence-corrected chi connectivity index (χ1v) is 6.54. The lowest BCUT2D eigenvalue weighted by atomic mass is 10.1. The number of aromatic nitrogens is 3. The zero-order valence-electron chi connectivity index (χ0n) is 11.4. The lowest BCUT2D eigenvalue weighted by Gasteiger charge is -2.07. The molecule has 3 rings (SSSR count). The van der Waals surface area contributed by atoms with Gasteiger partial charge in [-0.2, -0.15) is 5.10 Å². The standard InChI is InChI=1S/C15H16N6/c16-13-9-10(14(17)15(18)19-13)8-11-6-7-21(20-11)12-4-2-1-3-5-12/h1-7,9H,8,17H2,(H4,16,18,19). The molecule has 0 atom stereocenters. The summed E-state index contributed by atoms with van der Waals surface area (Å²) in [6.45, 7) is 0. The fourth-order valence-electron chi connectivity index (χ4n) is 2.17. The molecule has 0 fully saturated rings. The van der Waals surface area contributed by atoms with Crippen molar-refractivity contribution in [2.24, 2.45) is 0 Å². The van der Waals surface area contributed by atoms with Crippen LogP contribution in [0.1, 0.15) is 11.3 Å². The number of pyridine rings is 1. The van der Waals surface area contributed by atoms with Crippen LogP contribution in [0.4, 0.5) is 17.3 Å². The largest absolute Gasteiger partial charge is 0.396 e. The Morgan fingerprint density at radius 1 is 1.00 bits per heavy atom. The number of hydrogen-bond donors (Lipinski definition) is 3. The lowest BCUT2D eigenvalue weighted by Crippen LogP contribution is -2.06. The number of nitrogen functional groups attached to an aromatic ring is 3. The van der Waals surface area contributed by atoms with E-state index in [9.17, 15) is 0 Å². The summed E-state index contributed by atoms with van der Waals surface area (Å²) in [5.74, 6) is 0.617. The van der Waals surface area contributed by atoms with Crippen molar-refractivity contribution in [3.63, 3.8) is 0 Å². The van der Waals surface area contributed by atoms with Crippen LogP contribution in [0.15, 0.2) is 48.7 Å². The van der Waals surface area contributed by atoms with Crippen LogP contribution in [0, 0.1) is 0 Å². The quantitative estimate of drug-likeness (QED) is 0.675. The van der Waals surface area contributed by atoms with E-state index in [-0.39, 0.29) is 5.82 Å². The highest BCUT2D eigenvalue weighted by atomic mass is 15.3. The summed E-state index contributed by atoms with van der Waals surface area (Å²) in [5.41, 5.74) is 20.6. The molecule has 0 amide bonds. The third-order valence-corrected chi connectivity index (χ3v) is 3.23. The summed E-state index contributed by atoms with van der Waals surface area (Å²) in [7, 11) is 0. The average Bonchev–Trinajstić information content (AvgIpc) is 2.94. The topological polar surface area (TPSA) is 109 Å². The van der Waals surface area contributed by atoms with Crippen molar-refractivity contribution in [1.29, 1.82) is 0 Å². The van der Waals surface area contributed by atoms with Crippen LogP contribution in [0.2, 0.25) is 0 Å². The maximum absolute atomic E-state index is 5.94. The Morgan fingerprint density at radius 3 is 2.52 bits per heavy atom. The predicted molar refractivity (Wildman–Crippen MR) is 83.8 cm³/mol. The molecule has 106 valence electrons. The zero-order chi connectivity index (χ0) is 14.8. The van der Waals surface area contributed by atoms with E-state index < -0.39 is 0 Å². The zero-order valence-corrected chi connectivity index (χ0v) is 11.4. The molecule has 6 nitrogen and oxygen atoms in total. The number of hydrogen-bond acceptors (Lipinski definition) is 5. The van der Waals surface area contributed by atoms with E-state index in [1.165, 1.54) is 0 Å². The second-order valence-corrected chi connectivity index (χ2v) is 4.77. The second kappa shape index (κ2) is 5.16. The van der Waals surface area contributed by atoms with Gasteiger partial charge in [-0.3, -0.25) is 0 Å². The summed E-state index contributed by atoms with van der Waals surface area (Å²) >= 11 is 0. The lowest BCUT2D eigenvalue weighted by molar-refractivity contribution is 0.848. The van der Waals surface area contributed by atoms with Gasteiger partial charge in [-0.25, -0.2) is 9.67 Å². The molecule has 6 heteroatoms. The Labute approximate surface area is 122 Å². The molecule has 0 saturated heterocycles. The van der Waals surface area contributed by atoms with Gasteiger partial charge in [0.1, 0.15) is 11.6 Å². The number of rotatable bonds is 3. The third-order valence-electron chi connectivity index (χ3n) is 3.23. The van der Waals surface area contributed by atoms with E-state index in [2.05, 4.69) is 10.1 Å². The molecular weight excluding hydrogens is 264 g/mol. The molecule has 6 N–H and O–H groups in total. The maximum Gasteiger partial charge on any atom is 0.149 e. The number of nitrogens with zero attached hydrogens (tertiary/aromatic N) is 3. The summed E-state index contributed by atoms with van der Waals surface area (Å²) < 4.78 is 1.82. The predicted octanol–water partition coefficient (Wildman–Crippen LogP) is 1.60. The molecule has 0 aliphatic carbocycles. The van der Waals surface area contributed by atoms with Crippen LogP contribution in [0.5, 0.6) is 0 Å². The fourth-order valence-corrected chi connectivity index (χ4v) is 2.17. The summed E-state index contributed by atoms with van der Waals surface area (Å²) in [4.78, 5) is 3.93. The molecule has 0 bridgehead atoms. The molecule has 2 aromatic heterocycles. The van der Waals surface area contributed by atoms with Crippen LogP contribution >= 0.6 is 0 Å². The minimum atomic E-state index is 0.257. The summed E-state index contributed by atoms with van der Waals surface area (Å²) in [6, 6.07) is 13.6. The molecule has 0 spiro atoms. The van der Waals surface area contributed by atoms with E-state index in [1.54, 1.807) is 6.07 Å². The van der Waals surface area contributed by atoms with Gasteiger partial charge in [-0.05, 0) is 29.8 Å². The molecule has 0 unspecified atom stereocenters. The Bertz CT molecular complexity index is 763. The van der Waals surface area contributed by atoms with Gasteiger partial charge in [-0.1, -0.05) is 18.2 Å². The summed E-state index contributed by atoms with van der Waals surface area (Å²) in [5, 5.41) is 4.54. The minimum absolute atomic E-state index is 0.257. The van der Waals surface area contributed by atoms with E-state index in [0.29, 0.717) is 17.9 Å². The molecule has 2 heterocycles. The molecule has 21 heavy (non-hydrogen) atoms. The van der Waals surface area contributed by atoms with Gasteiger partial charge in [0.25, 0.3) is 0 Å². The van der Waals surface area contributed by atoms with Gasteiger partial charge < -0.3 is 17.2 Å². The highest BCUT2D eigenvalue weighted by molar-refractivity contribution is 5.66. The van der Waals surface area contributed by atoms with E-state index in [4.69, 9.17) is 17.2 Å². The average molecular weight is 280 g/mol. The Kier molecular flexibility index (Phi) is 3.19. The second-order valence-electron chi connectivity index (χ2n) is 4.77. The van der Waals surface area contributed by atoms with Crippen molar-refractivity contribution >= 4 is 17.3 Å². The van der Waals surface area contributed by atoms with Crippen LogP contribution in [0.3, 0.4) is 0 Å². The van der Waals surface area contributed by atoms with Gasteiger partial charge >= 0.3 is 0 Å². The van der Waals surface area contributed by atoms with Gasteiger partial charge in [-0.15, -0.1) is 0 Å². The Morgan fingerprint density at radius 2 is 1.76 bits per heavy atom. The van der Waals surface area contributed by atoms with Crippen molar-refractivity contribution in [2.45, 2.75) is 6.42 Å². The fraction of sp³-hybridized carbons (Fsp3) is 0.0667. The minimum Gasteiger partial charge on any atom is -0.396 e. The van der Waals surface area contributed by atoms with Crippen molar-refractivity contribution in [3.8, 4) is 5.69 Å². The van der Waals surface area contributed by atoms with Crippen LogP contribution < -0.4 is 17.2 Å². The first kappa shape index (κ1) is 13.0. The first-order chi connectivity index (χ1) is 10.1. The van der Waals surface area contributed by atoms with Crippen LogP contribution in [0.25, 0.3) is 5.69 Å². The highest BCUT2D eigenvalue weighted by Gasteiger charge is 2.09. The number of nitrogens with two attached hydrogens (primary N) is 3. The van der Waals surface area contributed by atoms with E-state index in [0.717, 1.165) is 16.9 Å². The molecule has 0 saturated carbocycles. The Balaban J connectivity index is 1.89. The van der Waals surface area contributed by atoms with Crippen molar-refractivity contribution in [2.75, 3.05) is 17.2 Å². The normalized spacial score (nSPS) is 10.7. The number of benzene rings is 1. The highest BCUT2D eigenvalue weighted by Crippen LogP contribution is 2.23. The molecule has 0 aliphatic rings. The van der Waals surface area contributed by atoms with Crippen molar-refractivity contribution in [3.05, 3.63) is 59.9 Å². The smallest absolute Gasteiger partial charge is 0.149 e. The molecular formula is C15H16N6. The third kappa shape index (κ3) is 2.64. The monoisotopic (exact) mass is 280 g/mol. The molecule has 1 aromatic carbocycles. The van der Waals surface area contributed by atoms with E-state index >= 15 is 0 Å². The van der Waals surface area contributed by atoms with Crippen molar-refractivity contribution in [1.82, 2.24) is 14.8 Å². The molecule has 3 aromatic rings. The molecule has 0 aliphatic heterocycles. The van der Waals surface area contributed by atoms with Gasteiger partial charge in [0.2, 0.25) is 0 Å². The summed E-state index contributed by atoms with van der Waals surface area (Å²) in [6.07, 6.45) is 2.47. The van der Waals surface area contributed by atoms with Crippen LogP contribution in [-0.4, -0.2) is 14.8 Å².